The lowest BCUT2D eigenvalue weighted by molar-refractivity contribution is 0.0954. The molecule has 28 heavy (non-hydrogen) atoms. The fourth-order valence-electron chi connectivity index (χ4n) is 2.93. The van der Waals surface area contributed by atoms with E-state index in [0.717, 1.165) is 16.6 Å². The second kappa shape index (κ2) is 8.00. The molecule has 140 valence electrons. The number of carbonyl (C=O) groups excluding carboxylic acids is 1. The Morgan fingerprint density at radius 1 is 1.04 bits per heavy atom. The molecule has 4 rings (SSSR count). The summed E-state index contributed by atoms with van der Waals surface area (Å²) in [5.41, 5.74) is 2.65. The average Bonchev–Trinajstić information content (AvgIpc) is 3.08. The minimum atomic E-state index is -0.118. The summed E-state index contributed by atoms with van der Waals surface area (Å²) < 4.78 is 0. The quantitative estimate of drug-likeness (QED) is 0.431. The molecule has 1 amide bonds. The first-order chi connectivity index (χ1) is 13.6. The molecule has 0 saturated heterocycles. The van der Waals surface area contributed by atoms with Crippen LogP contribution in [0.5, 0.6) is 0 Å². The van der Waals surface area contributed by atoms with Gasteiger partial charge in [-0.2, -0.15) is 0 Å². The Morgan fingerprint density at radius 2 is 1.79 bits per heavy atom. The molecular formula is C22H18ClN3OS. The molecule has 0 saturated carbocycles. The number of thiazole rings is 1. The Labute approximate surface area is 172 Å². The van der Waals surface area contributed by atoms with Gasteiger partial charge < -0.3 is 10.6 Å². The number of carbonyl (C=O) groups is 1. The fourth-order valence-corrected chi connectivity index (χ4v) is 3.96. The van der Waals surface area contributed by atoms with Crippen molar-refractivity contribution in [2.45, 2.75) is 13.5 Å². The molecule has 6 heteroatoms. The third kappa shape index (κ3) is 4.16. The van der Waals surface area contributed by atoms with Gasteiger partial charge in [0.1, 0.15) is 4.88 Å². The van der Waals surface area contributed by atoms with Gasteiger partial charge in [-0.3, -0.25) is 4.79 Å². The van der Waals surface area contributed by atoms with E-state index in [4.69, 9.17) is 11.6 Å². The van der Waals surface area contributed by atoms with Crippen molar-refractivity contribution in [2.75, 3.05) is 5.32 Å². The van der Waals surface area contributed by atoms with Crippen LogP contribution in [0.1, 0.15) is 20.9 Å². The third-order valence-corrected chi connectivity index (χ3v) is 5.69. The number of hydrogen-bond donors (Lipinski definition) is 2. The van der Waals surface area contributed by atoms with Crippen LogP contribution in [0.3, 0.4) is 0 Å². The third-order valence-electron chi connectivity index (χ3n) is 4.37. The van der Waals surface area contributed by atoms with Gasteiger partial charge in [-0.1, -0.05) is 59.3 Å². The Bertz CT molecular complexity index is 1140. The van der Waals surface area contributed by atoms with Gasteiger partial charge in [-0.25, -0.2) is 4.98 Å². The average molecular weight is 408 g/mol. The van der Waals surface area contributed by atoms with Gasteiger partial charge in [0.25, 0.3) is 5.91 Å². The van der Waals surface area contributed by atoms with E-state index in [1.807, 2.05) is 49.4 Å². The summed E-state index contributed by atoms with van der Waals surface area (Å²) in [4.78, 5) is 17.7. The molecule has 0 radical (unpaired) electrons. The predicted molar refractivity (Wildman–Crippen MR) is 117 cm³/mol. The molecule has 0 unspecified atom stereocenters. The van der Waals surface area contributed by atoms with Crippen LogP contribution in [-0.4, -0.2) is 10.9 Å². The van der Waals surface area contributed by atoms with Gasteiger partial charge >= 0.3 is 0 Å². The molecule has 0 aliphatic heterocycles. The summed E-state index contributed by atoms with van der Waals surface area (Å²) in [7, 11) is 0. The lowest BCUT2D eigenvalue weighted by Gasteiger charge is -2.06. The summed E-state index contributed by atoms with van der Waals surface area (Å²) in [6, 6.07) is 21.8. The first kappa shape index (κ1) is 18.5. The molecule has 2 N–H and O–H groups in total. The van der Waals surface area contributed by atoms with Crippen LogP contribution >= 0.6 is 22.9 Å². The summed E-state index contributed by atoms with van der Waals surface area (Å²) in [5, 5.41) is 9.91. The van der Waals surface area contributed by atoms with Gasteiger partial charge in [0.2, 0.25) is 0 Å². The highest BCUT2D eigenvalue weighted by Gasteiger charge is 2.15. The van der Waals surface area contributed by atoms with Crippen molar-refractivity contribution in [3.63, 3.8) is 0 Å². The van der Waals surface area contributed by atoms with E-state index < -0.39 is 0 Å². The van der Waals surface area contributed by atoms with Crippen molar-refractivity contribution in [2.24, 2.45) is 0 Å². The zero-order chi connectivity index (χ0) is 19.5. The summed E-state index contributed by atoms with van der Waals surface area (Å²) in [6.45, 7) is 2.31. The fraction of sp³-hybridized carbons (Fsp3) is 0.0909. The Balaban J connectivity index is 1.44. The molecule has 4 nitrogen and oxygen atoms in total. The normalized spacial score (nSPS) is 10.8. The molecule has 1 aromatic heterocycles. The molecule has 0 fully saturated rings. The highest BCUT2D eigenvalue weighted by atomic mass is 35.5. The van der Waals surface area contributed by atoms with Gasteiger partial charge in [-0.05, 0) is 53.6 Å². The smallest absolute Gasteiger partial charge is 0.263 e. The highest BCUT2D eigenvalue weighted by molar-refractivity contribution is 7.17. The SMILES string of the molecule is Cc1nc(Nc2ccc(Cl)cc2)sc1C(=O)NCc1ccc2ccccc2c1. The lowest BCUT2D eigenvalue weighted by atomic mass is 10.1. The predicted octanol–water partition coefficient (Wildman–Crippen LogP) is 5.93. The van der Waals surface area contributed by atoms with Crippen molar-refractivity contribution < 1.29 is 4.79 Å². The molecule has 0 bridgehead atoms. The van der Waals surface area contributed by atoms with E-state index in [1.54, 1.807) is 0 Å². The second-order valence-electron chi connectivity index (χ2n) is 6.43. The maximum Gasteiger partial charge on any atom is 0.263 e. The van der Waals surface area contributed by atoms with E-state index >= 15 is 0 Å². The summed E-state index contributed by atoms with van der Waals surface area (Å²) >= 11 is 7.25. The van der Waals surface area contributed by atoms with E-state index in [0.29, 0.717) is 27.3 Å². The second-order valence-corrected chi connectivity index (χ2v) is 7.87. The standard InChI is InChI=1S/C22H18ClN3OS/c1-14-20(28-22(25-14)26-19-10-8-18(23)9-11-19)21(27)24-13-15-6-7-16-4-2-3-5-17(16)12-15/h2-12H,13H2,1H3,(H,24,27)(H,25,26). The number of rotatable bonds is 5. The number of halogens is 1. The summed E-state index contributed by atoms with van der Waals surface area (Å²) in [6.07, 6.45) is 0. The van der Waals surface area contributed by atoms with Crippen LogP contribution in [0, 0.1) is 6.92 Å². The van der Waals surface area contributed by atoms with Crippen LogP contribution in [-0.2, 0) is 6.54 Å². The molecule has 0 aliphatic carbocycles. The van der Waals surface area contributed by atoms with Crippen molar-refractivity contribution in [1.29, 1.82) is 0 Å². The lowest BCUT2D eigenvalue weighted by Crippen LogP contribution is -2.22. The zero-order valence-corrected chi connectivity index (χ0v) is 16.8. The molecule has 4 aromatic rings. The van der Waals surface area contributed by atoms with E-state index in [9.17, 15) is 4.79 Å². The van der Waals surface area contributed by atoms with Crippen LogP contribution < -0.4 is 10.6 Å². The monoisotopic (exact) mass is 407 g/mol. The largest absolute Gasteiger partial charge is 0.347 e. The molecule has 3 aromatic carbocycles. The number of aryl methyl sites for hydroxylation is 1. The van der Waals surface area contributed by atoms with Crippen LogP contribution in [0.15, 0.2) is 66.7 Å². The van der Waals surface area contributed by atoms with Crippen molar-refractivity contribution in [3.8, 4) is 0 Å². The highest BCUT2D eigenvalue weighted by Crippen LogP contribution is 2.26. The minimum Gasteiger partial charge on any atom is -0.347 e. The number of benzene rings is 3. The first-order valence-electron chi connectivity index (χ1n) is 8.84. The zero-order valence-electron chi connectivity index (χ0n) is 15.2. The van der Waals surface area contributed by atoms with E-state index in [-0.39, 0.29) is 5.91 Å². The topological polar surface area (TPSA) is 54.0 Å². The maximum atomic E-state index is 12.6. The number of nitrogens with zero attached hydrogens (tertiary/aromatic N) is 1. The van der Waals surface area contributed by atoms with Gasteiger partial charge in [0, 0.05) is 17.3 Å². The Morgan fingerprint density at radius 3 is 2.57 bits per heavy atom. The number of fused-ring (bicyclic) bond motifs is 1. The molecular weight excluding hydrogens is 390 g/mol. The Hall–Kier alpha value is -2.89. The first-order valence-corrected chi connectivity index (χ1v) is 10.0. The molecule has 0 spiro atoms. The Kier molecular flexibility index (Phi) is 5.28. The van der Waals surface area contributed by atoms with Crippen molar-refractivity contribution in [3.05, 3.63) is 87.9 Å². The molecule has 1 heterocycles. The minimum absolute atomic E-state index is 0.118. The number of aromatic nitrogens is 1. The van der Waals surface area contributed by atoms with Crippen molar-refractivity contribution >= 4 is 50.4 Å². The van der Waals surface area contributed by atoms with Crippen LogP contribution in [0.4, 0.5) is 10.8 Å². The van der Waals surface area contributed by atoms with E-state index in [2.05, 4.69) is 39.9 Å². The van der Waals surface area contributed by atoms with Gasteiger partial charge in [0.15, 0.2) is 5.13 Å². The molecule has 0 atom stereocenters. The summed E-state index contributed by atoms with van der Waals surface area (Å²) in [5.74, 6) is -0.118. The molecule has 0 aliphatic rings. The van der Waals surface area contributed by atoms with Crippen molar-refractivity contribution in [1.82, 2.24) is 10.3 Å². The number of anilines is 2. The number of amides is 1. The van der Waals surface area contributed by atoms with E-state index in [1.165, 1.54) is 16.7 Å². The number of hydrogen-bond acceptors (Lipinski definition) is 4. The maximum absolute atomic E-state index is 12.6. The van der Waals surface area contributed by atoms with Crippen LogP contribution in [0.25, 0.3) is 10.8 Å². The number of nitrogens with one attached hydrogen (secondary N) is 2. The van der Waals surface area contributed by atoms with Gasteiger partial charge in [0.05, 0.1) is 5.69 Å². The van der Waals surface area contributed by atoms with Gasteiger partial charge in [-0.15, -0.1) is 0 Å². The van der Waals surface area contributed by atoms with Crippen LogP contribution in [0.2, 0.25) is 5.02 Å².